The summed E-state index contributed by atoms with van der Waals surface area (Å²) in [6.45, 7) is 10.7. The van der Waals surface area contributed by atoms with E-state index in [0.717, 1.165) is 16.9 Å². The van der Waals surface area contributed by atoms with E-state index in [1.165, 1.54) is 0 Å². The molecule has 8 heteroatoms. The highest BCUT2D eigenvalue weighted by Crippen LogP contribution is 2.33. The van der Waals surface area contributed by atoms with Crippen LogP contribution in [0.4, 0.5) is 4.79 Å². The average Bonchev–Trinajstić information content (AvgIpc) is 3.14. The lowest BCUT2D eigenvalue weighted by atomic mass is 9.91. The first-order valence-corrected chi connectivity index (χ1v) is 11.0. The van der Waals surface area contributed by atoms with E-state index in [1.54, 1.807) is 22.7 Å². The van der Waals surface area contributed by atoms with Gasteiger partial charge < -0.3 is 14.4 Å². The van der Waals surface area contributed by atoms with E-state index in [9.17, 15) is 9.59 Å². The number of esters is 1. The number of rotatable bonds is 4. The Morgan fingerprint density at radius 2 is 1.90 bits per heavy atom. The molecule has 7 nitrogen and oxygen atoms in total. The van der Waals surface area contributed by atoms with Crippen molar-refractivity contribution in [3.05, 3.63) is 46.2 Å². The Bertz CT molecular complexity index is 956. The van der Waals surface area contributed by atoms with Crippen molar-refractivity contribution in [1.29, 1.82) is 0 Å². The number of hydrogen-bond donors (Lipinski definition) is 0. The molecule has 1 aliphatic rings. The van der Waals surface area contributed by atoms with Gasteiger partial charge in [-0.25, -0.2) is 14.3 Å². The van der Waals surface area contributed by atoms with Crippen LogP contribution in [0.1, 0.15) is 68.1 Å². The average molecular weight is 448 g/mol. The van der Waals surface area contributed by atoms with Crippen LogP contribution in [-0.4, -0.2) is 52.0 Å². The van der Waals surface area contributed by atoms with Crippen molar-refractivity contribution in [2.24, 2.45) is 0 Å². The summed E-state index contributed by atoms with van der Waals surface area (Å²) >= 11 is 6.34. The van der Waals surface area contributed by atoms with Crippen molar-refractivity contribution in [2.45, 2.75) is 59.0 Å². The molecule has 0 atom stereocenters. The van der Waals surface area contributed by atoms with Crippen molar-refractivity contribution in [3.63, 3.8) is 0 Å². The fourth-order valence-electron chi connectivity index (χ4n) is 3.70. The first-order valence-electron chi connectivity index (χ1n) is 10.6. The van der Waals surface area contributed by atoms with Gasteiger partial charge in [-0.3, -0.25) is 0 Å². The molecule has 2 aromatic rings. The number of nitrogens with zero attached hydrogens (tertiary/aromatic N) is 3. The Labute approximate surface area is 188 Å². The number of hydrogen-bond acceptors (Lipinski definition) is 5. The zero-order valence-corrected chi connectivity index (χ0v) is 19.5. The summed E-state index contributed by atoms with van der Waals surface area (Å²) < 4.78 is 12.5. The highest BCUT2D eigenvalue weighted by atomic mass is 35.5. The van der Waals surface area contributed by atoms with Gasteiger partial charge in [0.2, 0.25) is 0 Å². The van der Waals surface area contributed by atoms with E-state index < -0.39 is 11.6 Å². The molecule has 1 aromatic carbocycles. The second-order valence-corrected chi connectivity index (χ2v) is 9.16. The Morgan fingerprint density at radius 1 is 1.23 bits per heavy atom. The van der Waals surface area contributed by atoms with Crippen LogP contribution < -0.4 is 0 Å². The minimum atomic E-state index is -0.533. The van der Waals surface area contributed by atoms with Gasteiger partial charge in [0.25, 0.3) is 0 Å². The SMILES string of the molecule is CCOC(=O)c1cnn(-c2ccc(C)c(Cl)c2)c1C1CCN(C(=O)OC(C)(C)C)CC1. The predicted molar refractivity (Wildman–Crippen MR) is 119 cm³/mol. The van der Waals surface area contributed by atoms with Gasteiger partial charge in [0.05, 0.1) is 24.2 Å². The molecule has 31 heavy (non-hydrogen) atoms. The number of carbonyl (C=O) groups excluding carboxylic acids is 2. The minimum Gasteiger partial charge on any atom is -0.462 e. The molecule has 1 fully saturated rings. The molecule has 168 valence electrons. The summed E-state index contributed by atoms with van der Waals surface area (Å²) in [5.41, 5.74) is 2.47. The molecule has 1 aromatic heterocycles. The van der Waals surface area contributed by atoms with E-state index >= 15 is 0 Å². The summed E-state index contributed by atoms with van der Waals surface area (Å²) in [5, 5.41) is 5.13. The third kappa shape index (κ3) is 5.39. The molecule has 0 radical (unpaired) electrons. The summed E-state index contributed by atoms with van der Waals surface area (Å²) in [7, 11) is 0. The number of ether oxygens (including phenoxy) is 2. The van der Waals surface area contributed by atoms with Gasteiger partial charge in [0, 0.05) is 24.0 Å². The first kappa shape index (κ1) is 23.1. The van der Waals surface area contributed by atoms with Crippen molar-refractivity contribution in [1.82, 2.24) is 14.7 Å². The summed E-state index contributed by atoms with van der Waals surface area (Å²) in [4.78, 5) is 26.8. The molecule has 0 spiro atoms. The van der Waals surface area contributed by atoms with Gasteiger partial charge in [0.1, 0.15) is 11.2 Å². The van der Waals surface area contributed by atoms with E-state index in [-0.39, 0.29) is 18.6 Å². The largest absolute Gasteiger partial charge is 0.462 e. The predicted octanol–water partition coefficient (Wildman–Crippen LogP) is 5.13. The molecule has 0 bridgehead atoms. The highest BCUT2D eigenvalue weighted by molar-refractivity contribution is 6.31. The summed E-state index contributed by atoms with van der Waals surface area (Å²) in [6, 6.07) is 5.71. The normalized spacial score (nSPS) is 15.1. The molecule has 2 heterocycles. The van der Waals surface area contributed by atoms with Gasteiger partial charge in [-0.1, -0.05) is 17.7 Å². The van der Waals surface area contributed by atoms with Gasteiger partial charge in [-0.05, 0) is 65.2 Å². The maximum absolute atomic E-state index is 12.6. The zero-order valence-electron chi connectivity index (χ0n) is 18.8. The monoisotopic (exact) mass is 447 g/mol. The molecule has 0 saturated carbocycles. The van der Waals surface area contributed by atoms with Crippen LogP contribution in [0.15, 0.2) is 24.4 Å². The minimum absolute atomic E-state index is 0.0423. The number of aryl methyl sites for hydroxylation is 1. The van der Waals surface area contributed by atoms with Crippen LogP contribution in [-0.2, 0) is 9.47 Å². The molecule has 3 rings (SSSR count). The second kappa shape index (κ2) is 9.30. The summed E-state index contributed by atoms with van der Waals surface area (Å²) in [5.74, 6) is -0.350. The Balaban J connectivity index is 1.89. The Morgan fingerprint density at radius 3 is 2.48 bits per heavy atom. The number of carbonyl (C=O) groups is 2. The molecule has 0 N–H and O–H groups in total. The van der Waals surface area contributed by atoms with Gasteiger partial charge in [0.15, 0.2) is 0 Å². The smallest absolute Gasteiger partial charge is 0.410 e. The lowest BCUT2D eigenvalue weighted by Gasteiger charge is -2.34. The van der Waals surface area contributed by atoms with Crippen LogP contribution in [0.5, 0.6) is 0 Å². The van der Waals surface area contributed by atoms with Crippen LogP contribution >= 0.6 is 11.6 Å². The van der Waals surface area contributed by atoms with Crippen molar-refractivity contribution in [3.8, 4) is 5.69 Å². The number of aromatic nitrogens is 2. The van der Waals surface area contributed by atoms with Crippen molar-refractivity contribution < 1.29 is 19.1 Å². The molecule has 1 aliphatic heterocycles. The molecular weight excluding hydrogens is 418 g/mol. The van der Waals surface area contributed by atoms with Crippen molar-refractivity contribution >= 4 is 23.7 Å². The van der Waals surface area contributed by atoms with E-state index in [4.69, 9.17) is 21.1 Å². The van der Waals surface area contributed by atoms with Gasteiger partial charge >= 0.3 is 12.1 Å². The quantitative estimate of drug-likeness (QED) is 0.608. The van der Waals surface area contributed by atoms with Crippen LogP contribution in [0, 0.1) is 6.92 Å². The molecular formula is C23H30ClN3O4. The molecule has 0 aliphatic carbocycles. The highest BCUT2D eigenvalue weighted by Gasteiger charge is 2.32. The maximum atomic E-state index is 12.6. The van der Waals surface area contributed by atoms with E-state index in [0.29, 0.717) is 36.5 Å². The number of piperidine rings is 1. The van der Waals surface area contributed by atoms with Crippen molar-refractivity contribution in [2.75, 3.05) is 19.7 Å². The van der Waals surface area contributed by atoms with Crippen LogP contribution in [0.2, 0.25) is 5.02 Å². The van der Waals surface area contributed by atoms with Crippen LogP contribution in [0.25, 0.3) is 5.69 Å². The third-order valence-electron chi connectivity index (χ3n) is 5.24. The zero-order chi connectivity index (χ0) is 22.8. The van der Waals surface area contributed by atoms with Gasteiger partial charge in [-0.2, -0.15) is 5.10 Å². The van der Waals surface area contributed by atoms with Gasteiger partial charge in [-0.15, -0.1) is 0 Å². The summed E-state index contributed by atoms with van der Waals surface area (Å²) in [6.07, 6.45) is 2.63. The third-order valence-corrected chi connectivity index (χ3v) is 5.64. The second-order valence-electron chi connectivity index (χ2n) is 8.75. The number of amides is 1. The topological polar surface area (TPSA) is 73.7 Å². The van der Waals surface area contributed by atoms with E-state index in [1.807, 2.05) is 45.9 Å². The van der Waals surface area contributed by atoms with Crippen LogP contribution in [0.3, 0.4) is 0 Å². The fourth-order valence-corrected chi connectivity index (χ4v) is 3.87. The number of halogens is 1. The fraction of sp³-hybridized carbons (Fsp3) is 0.522. The number of likely N-dealkylation sites (tertiary alicyclic amines) is 1. The Hall–Kier alpha value is -2.54. The molecule has 1 amide bonds. The standard InChI is InChI=1S/C23H30ClN3O4/c1-6-30-21(28)18-14-25-27(17-8-7-15(2)19(24)13-17)20(18)16-9-11-26(12-10-16)22(29)31-23(3,4)5/h7-8,13-14,16H,6,9-12H2,1-5H3. The maximum Gasteiger partial charge on any atom is 0.410 e. The van der Waals surface area contributed by atoms with E-state index in [2.05, 4.69) is 5.10 Å². The number of benzene rings is 1. The molecule has 0 unspecified atom stereocenters. The first-order chi connectivity index (χ1) is 14.6. The molecule has 1 saturated heterocycles. The lowest BCUT2D eigenvalue weighted by molar-refractivity contribution is 0.0202. The lowest BCUT2D eigenvalue weighted by Crippen LogP contribution is -2.41. The Kier molecular flexibility index (Phi) is 6.94.